The van der Waals surface area contributed by atoms with Gasteiger partial charge in [0.15, 0.2) is 5.83 Å². The average Bonchev–Trinajstić information content (AvgIpc) is 1.80. The van der Waals surface area contributed by atoms with Crippen molar-refractivity contribution in [3.63, 3.8) is 0 Å². The summed E-state index contributed by atoms with van der Waals surface area (Å²) in [7, 11) is 0. The summed E-state index contributed by atoms with van der Waals surface area (Å²) in [5.74, 6) is -0.835. The molecule has 1 unspecified atom stereocenters. The van der Waals surface area contributed by atoms with Gasteiger partial charge in [0.05, 0.1) is 6.21 Å². The maximum atomic E-state index is 12.2. The van der Waals surface area contributed by atoms with Crippen LogP contribution < -0.4 is 11.1 Å². The van der Waals surface area contributed by atoms with Gasteiger partial charge in [-0.15, -0.1) is 0 Å². The average molecular weight is 131 g/mol. The standard InChI is InChI=1S/C4H6FN3O/c5-2-1-7-4(9)8-3(2)6/h1,4,8-9H,6H2. The summed E-state index contributed by atoms with van der Waals surface area (Å²) in [6, 6.07) is 0. The van der Waals surface area contributed by atoms with Crippen molar-refractivity contribution >= 4 is 6.21 Å². The van der Waals surface area contributed by atoms with Gasteiger partial charge in [0, 0.05) is 0 Å². The maximum absolute atomic E-state index is 12.2. The molecule has 50 valence electrons. The summed E-state index contributed by atoms with van der Waals surface area (Å²) in [6.45, 7) is 0. The van der Waals surface area contributed by atoms with E-state index in [4.69, 9.17) is 10.8 Å². The Morgan fingerprint density at radius 2 is 2.56 bits per heavy atom. The van der Waals surface area contributed by atoms with Crippen molar-refractivity contribution in [3.05, 3.63) is 11.6 Å². The monoisotopic (exact) mass is 131 g/mol. The second-order valence-corrected chi connectivity index (χ2v) is 1.56. The van der Waals surface area contributed by atoms with Gasteiger partial charge < -0.3 is 16.2 Å². The number of hydrogen-bond acceptors (Lipinski definition) is 4. The van der Waals surface area contributed by atoms with Gasteiger partial charge in [-0.05, 0) is 0 Å². The third kappa shape index (κ3) is 1.17. The van der Waals surface area contributed by atoms with Crippen LogP contribution in [0.1, 0.15) is 0 Å². The molecule has 0 bridgehead atoms. The van der Waals surface area contributed by atoms with E-state index in [1.165, 1.54) is 0 Å². The van der Waals surface area contributed by atoms with Crippen molar-refractivity contribution in [2.75, 3.05) is 0 Å². The van der Waals surface area contributed by atoms with E-state index in [0.717, 1.165) is 6.21 Å². The molecular weight excluding hydrogens is 125 g/mol. The summed E-state index contributed by atoms with van der Waals surface area (Å²) in [5.41, 5.74) is 5.01. The number of aliphatic imine (C=N–C) groups is 1. The van der Waals surface area contributed by atoms with Gasteiger partial charge in [-0.3, -0.25) is 0 Å². The van der Waals surface area contributed by atoms with E-state index in [1.54, 1.807) is 0 Å². The molecule has 1 atom stereocenters. The Morgan fingerprint density at radius 1 is 1.89 bits per heavy atom. The summed E-state index contributed by atoms with van der Waals surface area (Å²) >= 11 is 0. The summed E-state index contributed by atoms with van der Waals surface area (Å²) < 4.78 is 12.2. The van der Waals surface area contributed by atoms with Gasteiger partial charge in [0.2, 0.25) is 6.35 Å². The highest BCUT2D eigenvalue weighted by atomic mass is 19.1. The minimum atomic E-state index is -1.11. The molecule has 0 fully saturated rings. The SMILES string of the molecule is NC1=C(F)C=NC(O)N1. The van der Waals surface area contributed by atoms with Crippen molar-refractivity contribution < 1.29 is 9.50 Å². The number of halogens is 1. The molecule has 0 aliphatic carbocycles. The first kappa shape index (κ1) is 6.03. The van der Waals surface area contributed by atoms with E-state index in [2.05, 4.69) is 10.3 Å². The van der Waals surface area contributed by atoms with Gasteiger partial charge in [0.1, 0.15) is 5.82 Å². The lowest BCUT2D eigenvalue weighted by atomic mass is 10.5. The number of aliphatic hydroxyl groups is 1. The zero-order chi connectivity index (χ0) is 6.85. The van der Waals surface area contributed by atoms with E-state index < -0.39 is 12.2 Å². The molecule has 4 nitrogen and oxygen atoms in total. The van der Waals surface area contributed by atoms with Crippen LogP contribution in [0.25, 0.3) is 0 Å². The van der Waals surface area contributed by atoms with E-state index >= 15 is 0 Å². The Morgan fingerprint density at radius 3 is 3.00 bits per heavy atom. The molecule has 0 aromatic rings. The summed E-state index contributed by atoms with van der Waals surface area (Å²) in [6.07, 6.45) is -0.235. The molecule has 4 N–H and O–H groups in total. The fourth-order valence-electron chi connectivity index (χ4n) is 0.451. The molecule has 1 rings (SSSR count). The quantitative estimate of drug-likeness (QED) is 0.396. The van der Waals surface area contributed by atoms with E-state index in [1.807, 2.05) is 0 Å². The van der Waals surface area contributed by atoms with Crippen molar-refractivity contribution in [1.82, 2.24) is 5.32 Å². The zero-order valence-corrected chi connectivity index (χ0v) is 4.50. The number of nitrogens with zero attached hydrogens (tertiary/aromatic N) is 1. The Labute approximate surface area is 50.9 Å². The molecule has 0 aromatic carbocycles. The molecule has 9 heavy (non-hydrogen) atoms. The summed E-state index contributed by atoms with van der Waals surface area (Å²) in [5, 5.41) is 10.8. The highest BCUT2D eigenvalue weighted by Crippen LogP contribution is 2.00. The Bertz CT molecular complexity index is 177. The third-order valence-corrected chi connectivity index (χ3v) is 0.871. The number of nitrogens with two attached hydrogens (primary N) is 1. The van der Waals surface area contributed by atoms with Gasteiger partial charge in [-0.25, -0.2) is 9.38 Å². The lowest BCUT2D eigenvalue weighted by molar-refractivity contribution is 0.155. The molecule has 0 aromatic heterocycles. The maximum Gasteiger partial charge on any atom is 0.224 e. The first-order chi connectivity index (χ1) is 4.20. The van der Waals surface area contributed by atoms with E-state index in [-0.39, 0.29) is 5.82 Å². The van der Waals surface area contributed by atoms with Crippen LogP contribution in [0.4, 0.5) is 4.39 Å². The normalized spacial score (nSPS) is 26.2. The largest absolute Gasteiger partial charge is 0.383 e. The fourth-order valence-corrected chi connectivity index (χ4v) is 0.451. The van der Waals surface area contributed by atoms with Crippen molar-refractivity contribution in [1.29, 1.82) is 0 Å². The van der Waals surface area contributed by atoms with Crippen LogP contribution in [0, 0.1) is 0 Å². The highest BCUT2D eigenvalue weighted by Gasteiger charge is 2.09. The molecule has 5 heteroatoms. The van der Waals surface area contributed by atoms with Crippen LogP contribution in [0.2, 0.25) is 0 Å². The topological polar surface area (TPSA) is 70.6 Å². The van der Waals surface area contributed by atoms with E-state index in [9.17, 15) is 4.39 Å². The first-order valence-corrected chi connectivity index (χ1v) is 2.33. The third-order valence-electron chi connectivity index (χ3n) is 0.871. The number of allylic oxidation sites excluding steroid dienone is 1. The molecule has 0 amide bonds. The number of rotatable bonds is 0. The lowest BCUT2D eigenvalue weighted by Gasteiger charge is -2.12. The van der Waals surface area contributed by atoms with Crippen LogP contribution >= 0.6 is 0 Å². The lowest BCUT2D eigenvalue weighted by Crippen LogP contribution is -2.34. The predicted molar refractivity (Wildman–Crippen MR) is 30.0 cm³/mol. The second-order valence-electron chi connectivity index (χ2n) is 1.56. The molecular formula is C4H6FN3O. The fraction of sp³-hybridized carbons (Fsp3) is 0.250. The van der Waals surface area contributed by atoms with Gasteiger partial charge in [-0.2, -0.15) is 0 Å². The van der Waals surface area contributed by atoms with Gasteiger partial charge in [0.25, 0.3) is 0 Å². The Kier molecular flexibility index (Phi) is 1.35. The Hall–Kier alpha value is -1.10. The van der Waals surface area contributed by atoms with Crippen LogP contribution in [0.5, 0.6) is 0 Å². The Balaban J connectivity index is 2.75. The minimum Gasteiger partial charge on any atom is -0.383 e. The molecule has 0 radical (unpaired) electrons. The molecule has 0 saturated carbocycles. The minimum absolute atomic E-state index is 0.183. The van der Waals surface area contributed by atoms with Crippen LogP contribution in [0.15, 0.2) is 16.6 Å². The van der Waals surface area contributed by atoms with Crippen molar-refractivity contribution in [2.24, 2.45) is 10.7 Å². The van der Waals surface area contributed by atoms with Crippen molar-refractivity contribution in [3.8, 4) is 0 Å². The number of aliphatic hydroxyl groups excluding tert-OH is 1. The molecule has 0 saturated heterocycles. The van der Waals surface area contributed by atoms with Crippen LogP contribution in [-0.2, 0) is 0 Å². The highest BCUT2D eigenvalue weighted by molar-refractivity contribution is 5.77. The summed E-state index contributed by atoms with van der Waals surface area (Å²) in [4.78, 5) is 3.27. The number of hydrogen-bond donors (Lipinski definition) is 3. The second kappa shape index (κ2) is 2.02. The van der Waals surface area contributed by atoms with Crippen LogP contribution in [0.3, 0.4) is 0 Å². The van der Waals surface area contributed by atoms with Crippen molar-refractivity contribution in [2.45, 2.75) is 6.35 Å². The van der Waals surface area contributed by atoms with E-state index in [0.29, 0.717) is 0 Å². The number of nitrogens with one attached hydrogen (secondary N) is 1. The van der Waals surface area contributed by atoms with Gasteiger partial charge in [-0.1, -0.05) is 0 Å². The van der Waals surface area contributed by atoms with Crippen LogP contribution in [-0.4, -0.2) is 17.7 Å². The zero-order valence-electron chi connectivity index (χ0n) is 4.50. The molecule has 0 spiro atoms. The first-order valence-electron chi connectivity index (χ1n) is 2.33. The predicted octanol–water partition coefficient (Wildman–Crippen LogP) is -0.966. The molecule has 1 heterocycles. The van der Waals surface area contributed by atoms with Gasteiger partial charge >= 0.3 is 0 Å². The smallest absolute Gasteiger partial charge is 0.224 e. The molecule has 1 aliphatic heterocycles. The molecule has 1 aliphatic rings.